The predicted molar refractivity (Wildman–Crippen MR) is 87.8 cm³/mol. The molecule has 4 rings (SSSR count). The average Bonchev–Trinajstić information content (AvgIpc) is 2.93. The monoisotopic (exact) mass is 345 g/mol. The van der Waals surface area contributed by atoms with Crippen molar-refractivity contribution in [1.82, 2.24) is 24.6 Å². The van der Waals surface area contributed by atoms with E-state index in [1.54, 1.807) is 12.3 Å². The molecule has 8 heteroatoms. The van der Waals surface area contributed by atoms with E-state index in [2.05, 4.69) is 20.1 Å². The molecule has 0 saturated carbocycles. The third-order valence-electron chi connectivity index (χ3n) is 3.58. The van der Waals surface area contributed by atoms with Gasteiger partial charge in [0.2, 0.25) is 0 Å². The standard InChI is InChI=1S/C15H9Cl2N5O/c16-11-5-8(6-18-13(11)17)4-10-12(9-2-1-3-9)21-15-19-7-20-22(15)14(10)23/h1-3,5-7H,4H2,(H,19,20,21). The third kappa shape index (κ3) is 2.36. The van der Waals surface area contributed by atoms with Gasteiger partial charge >= 0.3 is 0 Å². The number of hydrogen-bond donors (Lipinski definition) is 1. The van der Waals surface area contributed by atoms with Crippen LogP contribution >= 0.6 is 23.2 Å². The van der Waals surface area contributed by atoms with Crippen LogP contribution in [0.15, 0.2) is 41.6 Å². The highest BCUT2D eigenvalue weighted by molar-refractivity contribution is 6.41. The second-order valence-corrected chi connectivity index (χ2v) is 5.81. The summed E-state index contributed by atoms with van der Waals surface area (Å²) in [5.41, 5.74) is 2.64. The quantitative estimate of drug-likeness (QED) is 0.740. The zero-order chi connectivity index (χ0) is 16.0. The first kappa shape index (κ1) is 14.2. The van der Waals surface area contributed by atoms with Gasteiger partial charge in [0.15, 0.2) is 0 Å². The van der Waals surface area contributed by atoms with Gasteiger partial charge in [0, 0.05) is 18.2 Å². The van der Waals surface area contributed by atoms with Crippen molar-refractivity contribution in [1.29, 1.82) is 0 Å². The van der Waals surface area contributed by atoms with E-state index < -0.39 is 0 Å². The SMILES string of the molecule is O=c1c(Cc2cnc(Cl)c(Cl)c2)c(C2=CC=C2)nc2nc[nH]n12. The summed E-state index contributed by atoms with van der Waals surface area (Å²) in [6, 6.07) is 1.70. The molecule has 0 aromatic carbocycles. The highest BCUT2D eigenvalue weighted by Crippen LogP contribution is 2.25. The van der Waals surface area contributed by atoms with E-state index in [-0.39, 0.29) is 10.7 Å². The molecule has 3 aromatic rings. The van der Waals surface area contributed by atoms with Crippen LogP contribution in [0.3, 0.4) is 0 Å². The molecule has 23 heavy (non-hydrogen) atoms. The van der Waals surface area contributed by atoms with Crippen molar-refractivity contribution in [3.63, 3.8) is 0 Å². The predicted octanol–water partition coefficient (Wildman–Crippen LogP) is 2.66. The fourth-order valence-electron chi connectivity index (χ4n) is 2.40. The maximum atomic E-state index is 12.7. The molecule has 0 bridgehead atoms. The first-order valence-electron chi connectivity index (χ1n) is 6.77. The number of aromatic nitrogens is 5. The lowest BCUT2D eigenvalue weighted by molar-refractivity contribution is 0.866. The Hall–Kier alpha value is -2.44. The first-order chi connectivity index (χ1) is 11.1. The maximum Gasteiger partial charge on any atom is 0.278 e. The van der Waals surface area contributed by atoms with E-state index in [9.17, 15) is 4.79 Å². The molecule has 0 amide bonds. The van der Waals surface area contributed by atoms with Crippen LogP contribution < -0.4 is 5.56 Å². The minimum Gasteiger partial charge on any atom is -0.278 e. The number of nitrogens with zero attached hydrogens (tertiary/aromatic N) is 4. The largest absolute Gasteiger partial charge is 0.278 e. The normalized spacial score (nSPS) is 13.2. The summed E-state index contributed by atoms with van der Waals surface area (Å²) < 4.78 is 1.31. The number of pyridine rings is 1. The van der Waals surface area contributed by atoms with Crippen LogP contribution in [0.4, 0.5) is 0 Å². The number of fused-ring (bicyclic) bond motifs is 1. The third-order valence-corrected chi connectivity index (χ3v) is 4.27. The molecule has 0 spiro atoms. The number of nitrogens with one attached hydrogen (secondary N) is 1. The van der Waals surface area contributed by atoms with Gasteiger partial charge in [-0.1, -0.05) is 41.4 Å². The molecule has 0 radical (unpaired) electrons. The molecular formula is C15H9Cl2N5O. The Morgan fingerprint density at radius 3 is 2.78 bits per heavy atom. The van der Waals surface area contributed by atoms with Crippen molar-refractivity contribution in [3.8, 4) is 0 Å². The van der Waals surface area contributed by atoms with Crippen molar-refractivity contribution in [2.24, 2.45) is 0 Å². The second-order valence-electron chi connectivity index (χ2n) is 5.04. The number of allylic oxidation sites excluding steroid dienone is 4. The molecule has 3 heterocycles. The molecule has 1 aliphatic rings. The van der Waals surface area contributed by atoms with E-state index in [1.807, 2.05) is 18.2 Å². The van der Waals surface area contributed by atoms with Gasteiger partial charge in [0.25, 0.3) is 11.3 Å². The van der Waals surface area contributed by atoms with Crippen LogP contribution in [0, 0.1) is 0 Å². The lowest BCUT2D eigenvalue weighted by atomic mass is 9.97. The molecule has 0 fully saturated rings. The smallest absolute Gasteiger partial charge is 0.278 e. The molecule has 114 valence electrons. The van der Waals surface area contributed by atoms with Crippen molar-refractivity contribution >= 4 is 34.6 Å². The minimum absolute atomic E-state index is 0.199. The van der Waals surface area contributed by atoms with Crippen LogP contribution in [0.25, 0.3) is 11.4 Å². The van der Waals surface area contributed by atoms with Gasteiger partial charge in [0.05, 0.1) is 16.3 Å². The molecule has 1 N–H and O–H groups in total. The lowest BCUT2D eigenvalue weighted by Crippen LogP contribution is -2.23. The molecular weight excluding hydrogens is 337 g/mol. The molecule has 1 aliphatic carbocycles. The maximum absolute atomic E-state index is 12.7. The average molecular weight is 346 g/mol. The highest BCUT2D eigenvalue weighted by atomic mass is 35.5. The Labute approximate surface area is 140 Å². The zero-order valence-corrected chi connectivity index (χ0v) is 13.1. The summed E-state index contributed by atoms with van der Waals surface area (Å²) in [5, 5.41) is 3.35. The molecule has 0 saturated heterocycles. The van der Waals surface area contributed by atoms with Crippen LogP contribution in [-0.2, 0) is 6.42 Å². The van der Waals surface area contributed by atoms with Crippen molar-refractivity contribution in [2.75, 3.05) is 0 Å². The van der Waals surface area contributed by atoms with E-state index in [0.29, 0.717) is 28.5 Å². The fourth-order valence-corrected chi connectivity index (χ4v) is 2.69. The number of halogens is 2. The van der Waals surface area contributed by atoms with Gasteiger partial charge in [-0.3, -0.25) is 9.89 Å². The molecule has 0 unspecified atom stereocenters. The molecule has 0 atom stereocenters. The Morgan fingerprint density at radius 2 is 2.09 bits per heavy atom. The van der Waals surface area contributed by atoms with Gasteiger partial charge < -0.3 is 0 Å². The van der Waals surface area contributed by atoms with E-state index in [4.69, 9.17) is 23.2 Å². The number of rotatable bonds is 3. The summed E-state index contributed by atoms with van der Waals surface area (Å²) in [7, 11) is 0. The number of hydrogen-bond acceptors (Lipinski definition) is 4. The summed E-state index contributed by atoms with van der Waals surface area (Å²) in [6.07, 6.45) is 9.09. The van der Waals surface area contributed by atoms with Gasteiger partial charge in [-0.2, -0.15) is 4.52 Å². The van der Waals surface area contributed by atoms with Gasteiger partial charge in [0.1, 0.15) is 11.5 Å². The lowest BCUT2D eigenvalue weighted by Gasteiger charge is -2.12. The van der Waals surface area contributed by atoms with Crippen molar-refractivity contribution in [3.05, 3.63) is 74.2 Å². The Kier molecular flexibility index (Phi) is 3.28. The fraction of sp³-hybridized carbons (Fsp3) is 0.0667. The van der Waals surface area contributed by atoms with Gasteiger partial charge in [-0.05, 0) is 11.6 Å². The number of H-pyrrole nitrogens is 1. The number of aromatic amines is 1. The summed E-state index contributed by atoms with van der Waals surface area (Å²) >= 11 is 11.8. The van der Waals surface area contributed by atoms with Crippen molar-refractivity contribution < 1.29 is 0 Å². The molecule has 6 nitrogen and oxygen atoms in total. The van der Waals surface area contributed by atoms with Gasteiger partial charge in [-0.15, -0.1) is 0 Å². The zero-order valence-electron chi connectivity index (χ0n) is 11.6. The first-order valence-corrected chi connectivity index (χ1v) is 7.53. The topological polar surface area (TPSA) is 75.9 Å². The Bertz CT molecular complexity index is 1050. The van der Waals surface area contributed by atoms with Crippen molar-refractivity contribution in [2.45, 2.75) is 6.42 Å². The Balaban J connectivity index is 1.88. The van der Waals surface area contributed by atoms with Crippen LogP contribution in [0.5, 0.6) is 0 Å². The van der Waals surface area contributed by atoms with E-state index in [1.165, 1.54) is 10.8 Å². The summed E-state index contributed by atoms with van der Waals surface area (Å²) in [5.74, 6) is 0.335. The van der Waals surface area contributed by atoms with Crippen LogP contribution in [0.2, 0.25) is 10.2 Å². The van der Waals surface area contributed by atoms with Gasteiger partial charge in [-0.25, -0.2) is 15.0 Å². The van der Waals surface area contributed by atoms with Crippen LogP contribution in [-0.4, -0.2) is 24.6 Å². The minimum atomic E-state index is -0.199. The Morgan fingerprint density at radius 1 is 1.26 bits per heavy atom. The summed E-state index contributed by atoms with van der Waals surface area (Å²) in [4.78, 5) is 25.3. The molecule has 0 aliphatic heterocycles. The summed E-state index contributed by atoms with van der Waals surface area (Å²) in [6.45, 7) is 0. The van der Waals surface area contributed by atoms with Crippen LogP contribution in [0.1, 0.15) is 16.8 Å². The van der Waals surface area contributed by atoms with E-state index in [0.717, 1.165) is 11.1 Å². The highest BCUT2D eigenvalue weighted by Gasteiger charge is 2.18. The molecule has 3 aromatic heterocycles. The van der Waals surface area contributed by atoms with E-state index >= 15 is 0 Å². The second kappa shape index (κ2) is 5.33.